The van der Waals surface area contributed by atoms with Crippen LogP contribution in [0.25, 0.3) is 0 Å². The Labute approximate surface area is 169 Å². The van der Waals surface area contributed by atoms with Crippen molar-refractivity contribution < 1.29 is 16.8 Å². The molecule has 0 bridgehead atoms. The maximum absolute atomic E-state index is 11.2. The highest BCUT2D eigenvalue weighted by Crippen LogP contribution is 2.24. The molecule has 0 spiro atoms. The van der Waals surface area contributed by atoms with Crippen LogP contribution in [0, 0.1) is 0 Å². The maximum atomic E-state index is 11.2. The Kier molecular flexibility index (Phi) is 7.53. The number of nitrogens with zero attached hydrogens (tertiary/aromatic N) is 3. The molecule has 0 unspecified atom stereocenters. The largest absolute Gasteiger partial charge is 0.370 e. The van der Waals surface area contributed by atoms with E-state index in [9.17, 15) is 16.8 Å². The molecule has 152 valence electrons. The van der Waals surface area contributed by atoms with E-state index >= 15 is 0 Å². The molecule has 0 fully saturated rings. The molecule has 11 heteroatoms. The number of nitrogens with one attached hydrogen (secondary N) is 1. The van der Waals surface area contributed by atoms with Crippen LogP contribution in [0.15, 0.2) is 63.7 Å². The van der Waals surface area contributed by atoms with E-state index in [1.54, 1.807) is 12.1 Å². The molecule has 0 saturated carbocycles. The van der Waals surface area contributed by atoms with E-state index in [-0.39, 0.29) is 4.90 Å². The van der Waals surface area contributed by atoms with Gasteiger partial charge in [-0.1, -0.05) is 0 Å². The summed E-state index contributed by atoms with van der Waals surface area (Å²) < 4.78 is 47.2. The van der Waals surface area contributed by atoms with Crippen LogP contribution in [0.5, 0.6) is 0 Å². The van der Waals surface area contributed by atoms with Gasteiger partial charge >= 0.3 is 0 Å². The minimum absolute atomic E-state index is 0.00230. The lowest BCUT2D eigenvalue weighted by atomic mass is 10.2. The van der Waals surface area contributed by atoms with Crippen LogP contribution in [0.3, 0.4) is 0 Å². The third-order valence-electron chi connectivity index (χ3n) is 3.74. The topological polar surface area (TPSA) is 108 Å². The van der Waals surface area contributed by atoms with Crippen molar-refractivity contribution in [2.45, 2.75) is 11.8 Å². The first kappa shape index (κ1) is 22.3. The molecule has 0 heterocycles. The number of rotatable bonds is 9. The minimum Gasteiger partial charge on any atom is -0.370 e. The fraction of sp³-hybridized carbons (Fsp3) is 0.294. The van der Waals surface area contributed by atoms with Gasteiger partial charge in [0.15, 0.2) is 0 Å². The fourth-order valence-corrected chi connectivity index (χ4v) is 3.59. The van der Waals surface area contributed by atoms with Crippen LogP contribution in [0.1, 0.15) is 6.92 Å². The zero-order valence-electron chi connectivity index (χ0n) is 15.4. The smallest absolute Gasteiger partial charge is 0.261 e. The van der Waals surface area contributed by atoms with Crippen LogP contribution in [-0.4, -0.2) is 42.7 Å². The zero-order valence-corrected chi connectivity index (χ0v) is 17.8. The second kappa shape index (κ2) is 9.46. The summed E-state index contributed by atoms with van der Waals surface area (Å²) in [6.45, 7) is 3.57. The van der Waals surface area contributed by atoms with Crippen LogP contribution in [0.4, 0.5) is 17.1 Å². The van der Waals surface area contributed by atoms with E-state index in [0.29, 0.717) is 24.5 Å². The number of anilines is 1. The van der Waals surface area contributed by atoms with Crippen molar-refractivity contribution >= 4 is 46.8 Å². The third kappa shape index (κ3) is 7.19. The second-order valence-corrected chi connectivity index (χ2v) is 10.3. The van der Waals surface area contributed by atoms with Crippen molar-refractivity contribution in [1.29, 1.82) is 0 Å². The Hall–Kier alpha value is -2.01. The number of likely N-dealkylation sites (N-methyl/N-ethyl adjacent to an activating group) is 1. The Bertz CT molecular complexity index is 1020. The Morgan fingerprint density at radius 2 is 1.43 bits per heavy atom. The van der Waals surface area contributed by atoms with Gasteiger partial charge < -0.3 is 4.90 Å². The molecule has 1 N–H and O–H groups in total. The van der Waals surface area contributed by atoms with E-state index in [1.165, 1.54) is 24.3 Å². The van der Waals surface area contributed by atoms with Gasteiger partial charge in [0.25, 0.3) is 9.05 Å². The summed E-state index contributed by atoms with van der Waals surface area (Å²) in [7, 11) is -1.70. The van der Waals surface area contributed by atoms with Crippen LogP contribution in [0.2, 0.25) is 0 Å². The molecule has 0 saturated heterocycles. The number of sulfonamides is 1. The zero-order chi connectivity index (χ0) is 20.8. The quantitative estimate of drug-likeness (QED) is 0.471. The van der Waals surface area contributed by atoms with Crippen molar-refractivity contribution in [2.24, 2.45) is 10.2 Å². The molecule has 0 amide bonds. The number of hydrogen-bond acceptors (Lipinski definition) is 7. The summed E-state index contributed by atoms with van der Waals surface area (Å²) >= 11 is 0. The minimum atomic E-state index is -3.76. The van der Waals surface area contributed by atoms with E-state index in [1.807, 2.05) is 24.0 Å². The van der Waals surface area contributed by atoms with Gasteiger partial charge in [-0.15, -0.1) is 0 Å². The van der Waals surface area contributed by atoms with E-state index in [2.05, 4.69) is 15.0 Å². The van der Waals surface area contributed by atoms with Crippen molar-refractivity contribution in [3.05, 3.63) is 48.5 Å². The van der Waals surface area contributed by atoms with Gasteiger partial charge in [-0.25, -0.2) is 21.6 Å². The van der Waals surface area contributed by atoms with Gasteiger partial charge in [-0.2, -0.15) is 10.2 Å². The normalized spacial score (nSPS) is 12.4. The Balaban J connectivity index is 2.02. The van der Waals surface area contributed by atoms with Crippen molar-refractivity contribution in [3.8, 4) is 0 Å². The van der Waals surface area contributed by atoms with E-state index in [4.69, 9.17) is 10.7 Å². The fourth-order valence-electron chi connectivity index (χ4n) is 2.36. The van der Waals surface area contributed by atoms with Crippen LogP contribution >= 0.6 is 10.7 Å². The lowest BCUT2D eigenvalue weighted by Gasteiger charge is -2.23. The monoisotopic (exact) mass is 444 g/mol. The highest BCUT2D eigenvalue weighted by molar-refractivity contribution is 8.13. The maximum Gasteiger partial charge on any atom is 0.261 e. The number of halogens is 1. The Morgan fingerprint density at radius 3 is 1.86 bits per heavy atom. The summed E-state index contributed by atoms with van der Waals surface area (Å²) in [6.07, 6.45) is 1.13. The molecule has 2 rings (SSSR count). The molecule has 0 aromatic heterocycles. The standard InChI is InChI=1S/C17H21ClN4O4S2/c1-3-22(13-12-19-27(2,23)24)16-8-4-14(5-9-16)20-21-15-6-10-17(11-7-15)28(18,25)26/h4-11,19H,3,12-13H2,1-2H3/b21-20+. The Morgan fingerprint density at radius 1 is 0.929 bits per heavy atom. The average Bonchev–Trinajstić information content (AvgIpc) is 2.63. The van der Waals surface area contributed by atoms with Gasteiger partial charge in [-0.3, -0.25) is 0 Å². The number of benzene rings is 2. The number of azo groups is 1. The molecule has 8 nitrogen and oxygen atoms in total. The second-order valence-electron chi connectivity index (χ2n) is 5.89. The van der Waals surface area contributed by atoms with E-state index in [0.717, 1.165) is 18.5 Å². The highest BCUT2D eigenvalue weighted by Gasteiger charge is 2.09. The summed E-state index contributed by atoms with van der Waals surface area (Å²) in [5, 5.41) is 8.19. The van der Waals surface area contributed by atoms with Crippen LogP contribution < -0.4 is 9.62 Å². The first-order chi connectivity index (χ1) is 13.1. The average molecular weight is 445 g/mol. The third-order valence-corrected chi connectivity index (χ3v) is 5.84. The van der Waals surface area contributed by atoms with Gasteiger partial charge in [0, 0.05) is 36.0 Å². The predicted octanol–water partition coefficient (Wildman–Crippen LogP) is 3.41. The number of hydrogen-bond donors (Lipinski definition) is 1. The highest BCUT2D eigenvalue weighted by atomic mass is 35.7. The molecule has 0 radical (unpaired) electrons. The molecule has 28 heavy (non-hydrogen) atoms. The lowest BCUT2D eigenvalue weighted by molar-refractivity contribution is 0.587. The van der Waals surface area contributed by atoms with Crippen molar-refractivity contribution in [1.82, 2.24) is 4.72 Å². The summed E-state index contributed by atoms with van der Waals surface area (Å²) in [5.74, 6) is 0. The SMILES string of the molecule is CCN(CCNS(C)(=O)=O)c1ccc(/N=N/c2ccc(S(=O)(=O)Cl)cc2)cc1. The van der Waals surface area contributed by atoms with Gasteiger partial charge in [-0.05, 0) is 55.5 Å². The molecule has 0 atom stereocenters. The van der Waals surface area contributed by atoms with Crippen molar-refractivity contribution in [2.75, 3.05) is 30.8 Å². The molecule has 2 aromatic rings. The molecule has 0 aliphatic heterocycles. The summed E-state index contributed by atoms with van der Waals surface area (Å²) in [4.78, 5) is 2.03. The van der Waals surface area contributed by atoms with Crippen molar-refractivity contribution in [3.63, 3.8) is 0 Å². The first-order valence-electron chi connectivity index (χ1n) is 8.34. The molecule has 2 aromatic carbocycles. The van der Waals surface area contributed by atoms with Gasteiger partial charge in [0.2, 0.25) is 10.0 Å². The van der Waals surface area contributed by atoms with Gasteiger partial charge in [0.1, 0.15) is 0 Å². The van der Waals surface area contributed by atoms with E-state index < -0.39 is 19.1 Å². The molecule has 0 aliphatic carbocycles. The summed E-state index contributed by atoms with van der Waals surface area (Å²) in [5.41, 5.74) is 2.06. The summed E-state index contributed by atoms with van der Waals surface area (Å²) in [6, 6.07) is 13.1. The van der Waals surface area contributed by atoms with Crippen LogP contribution in [-0.2, 0) is 19.1 Å². The predicted molar refractivity (Wildman–Crippen MR) is 111 cm³/mol. The molecular weight excluding hydrogens is 424 g/mol. The lowest BCUT2D eigenvalue weighted by Crippen LogP contribution is -2.34. The van der Waals surface area contributed by atoms with Gasteiger partial charge in [0.05, 0.1) is 22.5 Å². The first-order valence-corrected chi connectivity index (χ1v) is 12.5. The molecule has 0 aliphatic rings. The molecular formula is C17H21ClN4O4S2.